The van der Waals surface area contributed by atoms with Crippen LogP contribution < -0.4 is 11.2 Å². The number of fused-ring (bicyclic) bond motifs is 1. The van der Waals surface area contributed by atoms with Crippen molar-refractivity contribution in [3.63, 3.8) is 0 Å². The van der Waals surface area contributed by atoms with Crippen molar-refractivity contribution in [2.24, 2.45) is 0 Å². The summed E-state index contributed by atoms with van der Waals surface area (Å²) in [5.41, 5.74) is 2.50. The third-order valence-electron chi connectivity index (χ3n) is 4.01. The molecule has 0 saturated heterocycles. The van der Waals surface area contributed by atoms with Gasteiger partial charge in [0.1, 0.15) is 0 Å². The van der Waals surface area contributed by atoms with E-state index in [0.29, 0.717) is 11.0 Å². The van der Waals surface area contributed by atoms with E-state index < -0.39 is 0 Å². The Morgan fingerprint density at radius 3 is 2.67 bits per heavy atom. The Labute approximate surface area is 139 Å². The van der Waals surface area contributed by atoms with Crippen LogP contribution in [0.2, 0.25) is 0 Å². The van der Waals surface area contributed by atoms with Crippen LogP contribution >= 0.6 is 0 Å². The molecule has 2 aromatic heterocycles. The molecule has 3 rings (SSSR count). The van der Waals surface area contributed by atoms with Crippen LogP contribution in [0.5, 0.6) is 0 Å². The van der Waals surface area contributed by atoms with Crippen molar-refractivity contribution in [3.05, 3.63) is 80.6 Å². The van der Waals surface area contributed by atoms with E-state index in [-0.39, 0.29) is 17.8 Å². The highest BCUT2D eigenvalue weighted by molar-refractivity contribution is 5.75. The van der Waals surface area contributed by atoms with Gasteiger partial charge in [-0.3, -0.25) is 9.36 Å². The summed E-state index contributed by atoms with van der Waals surface area (Å²) in [6.07, 6.45) is 5.20. The van der Waals surface area contributed by atoms with Gasteiger partial charge in [-0.15, -0.1) is 0 Å². The van der Waals surface area contributed by atoms with Gasteiger partial charge in [-0.05, 0) is 44.5 Å². The Balaban J connectivity index is 2.46. The second-order valence-electron chi connectivity index (χ2n) is 5.77. The first-order valence-corrected chi connectivity index (χ1v) is 7.84. The summed E-state index contributed by atoms with van der Waals surface area (Å²) in [6.45, 7) is 6.05. The van der Waals surface area contributed by atoms with Crippen molar-refractivity contribution in [3.8, 4) is 5.69 Å². The minimum absolute atomic E-state index is 0.240. The minimum Gasteiger partial charge on any atom is -0.268 e. The molecule has 0 aliphatic carbocycles. The molecule has 0 radical (unpaired) electrons. The highest BCUT2D eigenvalue weighted by atomic mass is 16.2. The highest BCUT2D eigenvalue weighted by Gasteiger charge is 2.15. The predicted octanol–water partition coefficient (Wildman–Crippen LogP) is 2.74. The molecule has 0 aliphatic rings. The Hall–Kier alpha value is -2.95. The van der Waals surface area contributed by atoms with Gasteiger partial charge in [0.2, 0.25) is 0 Å². The fourth-order valence-corrected chi connectivity index (χ4v) is 2.83. The van der Waals surface area contributed by atoms with Crippen molar-refractivity contribution >= 4 is 11.0 Å². The molecule has 1 aromatic carbocycles. The number of aryl methyl sites for hydroxylation is 2. The van der Waals surface area contributed by atoms with E-state index in [1.54, 1.807) is 24.4 Å². The lowest BCUT2D eigenvalue weighted by Gasteiger charge is -2.14. The maximum atomic E-state index is 13.0. The summed E-state index contributed by atoms with van der Waals surface area (Å²) in [6, 6.07) is 9.27. The summed E-state index contributed by atoms with van der Waals surface area (Å²) in [4.78, 5) is 29.9. The molecular weight excluding hydrogens is 302 g/mol. The molecule has 0 spiro atoms. The van der Waals surface area contributed by atoms with E-state index in [1.807, 2.05) is 45.0 Å². The number of pyridine rings is 1. The normalized spacial score (nSPS) is 11.5. The van der Waals surface area contributed by atoms with Gasteiger partial charge < -0.3 is 0 Å². The lowest BCUT2D eigenvalue weighted by Crippen LogP contribution is -2.39. The average molecular weight is 321 g/mol. The van der Waals surface area contributed by atoms with Crippen LogP contribution in [0.25, 0.3) is 16.7 Å². The monoisotopic (exact) mass is 321 g/mol. The number of allylic oxidation sites excluding steroid dienone is 2. The van der Waals surface area contributed by atoms with Crippen molar-refractivity contribution in [1.82, 2.24) is 14.1 Å². The number of hydrogen-bond donors (Lipinski definition) is 0. The van der Waals surface area contributed by atoms with E-state index in [0.717, 1.165) is 16.8 Å². The summed E-state index contributed by atoms with van der Waals surface area (Å²) < 4.78 is 2.76. The molecule has 24 heavy (non-hydrogen) atoms. The first kappa shape index (κ1) is 15.9. The standard InChI is InChI=1S/C19H19N3O2/c1-4-5-11-21-18(23)15-7-6-10-20-17(15)22(19(21)24)16-9-8-13(2)12-14(16)3/h4-10,12H,11H2,1-3H3/b5-4+. The van der Waals surface area contributed by atoms with Crippen LogP contribution in [-0.2, 0) is 6.54 Å². The van der Waals surface area contributed by atoms with E-state index in [9.17, 15) is 9.59 Å². The van der Waals surface area contributed by atoms with Crippen LogP contribution in [0, 0.1) is 13.8 Å². The quantitative estimate of drug-likeness (QED) is 0.697. The zero-order chi connectivity index (χ0) is 17.3. The van der Waals surface area contributed by atoms with E-state index in [1.165, 1.54) is 9.13 Å². The van der Waals surface area contributed by atoms with Gasteiger partial charge in [0.05, 0.1) is 11.1 Å². The average Bonchev–Trinajstić information content (AvgIpc) is 2.57. The van der Waals surface area contributed by atoms with Crippen LogP contribution in [0.15, 0.2) is 58.3 Å². The van der Waals surface area contributed by atoms with Gasteiger partial charge in [0, 0.05) is 12.7 Å². The Bertz CT molecular complexity index is 1060. The zero-order valence-electron chi connectivity index (χ0n) is 14.0. The Morgan fingerprint density at radius 2 is 1.96 bits per heavy atom. The number of hydrogen-bond acceptors (Lipinski definition) is 3. The van der Waals surface area contributed by atoms with Crippen molar-refractivity contribution in [1.29, 1.82) is 0 Å². The first-order chi connectivity index (χ1) is 11.5. The number of benzene rings is 1. The number of rotatable bonds is 3. The summed E-state index contributed by atoms with van der Waals surface area (Å²) in [7, 11) is 0. The Kier molecular flexibility index (Phi) is 4.16. The summed E-state index contributed by atoms with van der Waals surface area (Å²) in [5, 5.41) is 0.432. The summed E-state index contributed by atoms with van der Waals surface area (Å²) >= 11 is 0. The highest BCUT2D eigenvalue weighted by Crippen LogP contribution is 2.17. The van der Waals surface area contributed by atoms with Gasteiger partial charge in [0.25, 0.3) is 5.56 Å². The van der Waals surface area contributed by atoms with Gasteiger partial charge in [-0.25, -0.2) is 14.3 Å². The smallest absolute Gasteiger partial charge is 0.268 e. The molecule has 0 aliphatic heterocycles. The van der Waals surface area contributed by atoms with Crippen LogP contribution in [0.3, 0.4) is 0 Å². The number of nitrogens with zero attached hydrogens (tertiary/aromatic N) is 3. The molecule has 3 aromatic rings. The molecule has 2 heterocycles. The Morgan fingerprint density at radius 1 is 1.17 bits per heavy atom. The lowest BCUT2D eigenvalue weighted by atomic mass is 10.1. The van der Waals surface area contributed by atoms with E-state index in [2.05, 4.69) is 4.98 Å². The predicted molar refractivity (Wildman–Crippen MR) is 95.9 cm³/mol. The van der Waals surface area contributed by atoms with Gasteiger partial charge in [0.15, 0.2) is 5.65 Å². The van der Waals surface area contributed by atoms with E-state index >= 15 is 0 Å². The fourth-order valence-electron chi connectivity index (χ4n) is 2.83. The third kappa shape index (κ3) is 2.58. The van der Waals surface area contributed by atoms with Crippen molar-refractivity contribution < 1.29 is 0 Å². The van der Waals surface area contributed by atoms with Crippen LogP contribution in [0.4, 0.5) is 0 Å². The summed E-state index contributed by atoms with van der Waals surface area (Å²) in [5.74, 6) is 0. The molecular formula is C19H19N3O2. The third-order valence-corrected chi connectivity index (χ3v) is 4.01. The lowest BCUT2D eigenvalue weighted by molar-refractivity contribution is 0.694. The largest absolute Gasteiger partial charge is 0.337 e. The molecule has 0 amide bonds. The SMILES string of the molecule is C/C=C/Cn1c(=O)c2cccnc2n(-c2ccc(C)cc2C)c1=O. The topological polar surface area (TPSA) is 56.9 Å². The van der Waals surface area contributed by atoms with Crippen molar-refractivity contribution in [2.45, 2.75) is 27.3 Å². The molecule has 122 valence electrons. The number of aromatic nitrogens is 3. The molecule has 0 atom stereocenters. The van der Waals surface area contributed by atoms with Crippen molar-refractivity contribution in [2.75, 3.05) is 0 Å². The first-order valence-electron chi connectivity index (χ1n) is 7.84. The molecule has 0 saturated carbocycles. The molecule has 0 bridgehead atoms. The minimum atomic E-state index is -0.378. The molecule has 0 unspecified atom stereocenters. The molecule has 5 heteroatoms. The molecule has 0 N–H and O–H groups in total. The second kappa shape index (κ2) is 6.28. The fraction of sp³-hybridized carbons (Fsp3) is 0.211. The van der Waals surface area contributed by atoms with Crippen LogP contribution in [0.1, 0.15) is 18.1 Å². The second-order valence-corrected chi connectivity index (χ2v) is 5.77. The maximum absolute atomic E-state index is 13.0. The van der Waals surface area contributed by atoms with E-state index in [4.69, 9.17) is 0 Å². The molecule has 5 nitrogen and oxygen atoms in total. The zero-order valence-corrected chi connectivity index (χ0v) is 14.0. The van der Waals surface area contributed by atoms with Crippen LogP contribution in [-0.4, -0.2) is 14.1 Å². The van der Waals surface area contributed by atoms with Gasteiger partial charge in [-0.2, -0.15) is 0 Å². The van der Waals surface area contributed by atoms with Gasteiger partial charge >= 0.3 is 5.69 Å². The van der Waals surface area contributed by atoms with Gasteiger partial charge in [-0.1, -0.05) is 29.8 Å². The maximum Gasteiger partial charge on any atom is 0.337 e. The molecule has 0 fully saturated rings.